The Morgan fingerprint density at radius 2 is 1.83 bits per heavy atom. The lowest BCUT2D eigenvalue weighted by molar-refractivity contribution is -0.122. The van der Waals surface area contributed by atoms with Gasteiger partial charge < -0.3 is 10.2 Å². The van der Waals surface area contributed by atoms with Crippen LogP contribution in [0.2, 0.25) is 0 Å². The number of hydrogen-bond acceptors (Lipinski definition) is 5. The van der Waals surface area contributed by atoms with E-state index in [2.05, 4.69) is 17.5 Å². The SMILES string of the molecule is N#CCCN(C(=O)CCC(=O)Nc1cccc(C2SCCS2)c1)c1ccccc1. The molecule has 0 radical (unpaired) electrons. The van der Waals surface area contributed by atoms with Crippen molar-refractivity contribution >= 4 is 46.7 Å². The monoisotopic (exact) mass is 425 g/mol. The van der Waals surface area contributed by atoms with Crippen molar-refractivity contribution in [3.63, 3.8) is 0 Å². The molecule has 1 aliphatic rings. The number of nitriles is 1. The second kappa shape index (κ2) is 10.9. The molecule has 0 aromatic heterocycles. The van der Waals surface area contributed by atoms with Gasteiger partial charge in [0.2, 0.25) is 11.8 Å². The predicted molar refractivity (Wildman–Crippen MR) is 121 cm³/mol. The second-order valence-electron chi connectivity index (χ2n) is 6.54. The largest absolute Gasteiger partial charge is 0.326 e. The summed E-state index contributed by atoms with van der Waals surface area (Å²) in [6, 6.07) is 19.2. The number of thioether (sulfide) groups is 2. The maximum absolute atomic E-state index is 12.7. The Labute approximate surface area is 179 Å². The van der Waals surface area contributed by atoms with Gasteiger partial charge in [0.05, 0.1) is 17.1 Å². The van der Waals surface area contributed by atoms with E-state index in [4.69, 9.17) is 5.26 Å². The van der Waals surface area contributed by atoms with E-state index in [1.165, 1.54) is 5.56 Å². The normalized spacial score (nSPS) is 13.6. The van der Waals surface area contributed by atoms with Crippen LogP contribution in [0, 0.1) is 11.3 Å². The van der Waals surface area contributed by atoms with Gasteiger partial charge in [-0.15, -0.1) is 23.5 Å². The van der Waals surface area contributed by atoms with Gasteiger partial charge >= 0.3 is 0 Å². The summed E-state index contributed by atoms with van der Waals surface area (Å²) >= 11 is 3.84. The van der Waals surface area contributed by atoms with Gasteiger partial charge in [0.1, 0.15) is 0 Å². The molecule has 150 valence electrons. The molecular formula is C22H23N3O2S2. The molecule has 2 amide bonds. The summed E-state index contributed by atoms with van der Waals surface area (Å²) < 4.78 is 0.424. The fourth-order valence-electron chi connectivity index (χ4n) is 3.06. The molecule has 7 heteroatoms. The van der Waals surface area contributed by atoms with Crippen LogP contribution in [0.15, 0.2) is 54.6 Å². The first-order valence-corrected chi connectivity index (χ1v) is 11.6. The molecule has 0 aliphatic carbocycles. The van der Waals surface area contributed by atoms with Gasteiger partial charge in [-0.3, -0.25) is 9.59 Å². The Bertz CT molecular complexity index is 877. The van der Waals surface area contributed by atoms with E-state index < -0.39 is 0 Å². The van der Waals surface area contributed by atoms with Crippen molar-refractivity contribution < 1.29 is 9.59 Å². The first-order chi connectivity index (χ1) is 14.2. The standard InChI is InChI=1S/C22H23N3O2S2/c23-12-5-13-25(19-8-2-1-3-9-19)21(27)11-10-20(26)24-18-7-4-6-17(16-18)22-28-14-15-29-22/h1-4,6-9,16,22H,5,10-11,13-15H2,(H,24,26). The van der Waals surface area contributed by atoms with Crippen molar-refractivity contribution in [2.24, 2.45) is 0 Å². The number of amides is 2. The Kier molecular flexibility index (Phi) is 8.03. The highest BCUT2D eigenvalue weighted by Crippen LogP contribution is 2.45. The highest BCUT2D eigenvalue weighted by atomic mass is 32.2. The zero-order chi connectivity index (χ0) is 20.5. The number of nitrogens with one attached hydrogen (secondary N) is 1. The molecule has 0 bridgehead atoms. The fraction of sp³-hybridized carbons (Fsp3) is 0.318. The van der Waals surface area contributed by atoms with E-state index in [1.807, 2.05) is 72.1 Å². The average Bonchev–Trinajstić information content (AvgIpc) is 3.28. The number of rotatable bonds is 8. The quantitative estimate of drug-likeness (QED) is 0.656. The summed E-state index contributed by atoms with van der Waals surface area (Å²) in [5, 5.41) is 11.8. The first kappa shape index (κ1) is 21.3. The summed E-state index contributed by atoms with van der Waals surface area (Å²) in [5.41, 5.74) is 2.71. The molecule has 2 aromatic rings. The minimum Gasteiger partial charge on any atom is -0.326 e. The Morgan fingerprint density at radius 3 is 2.55 bits per heavy atom. The lowest BCUT2D eigenvalue weighted by atomic mass is 10.2. The number of benzene rings is 2. The molecule has 1 aliphatic heterocycles. The van der Waals surface area contributed by atoms with Gasteiger partial charge in [-0.25, -0.2) is 0 Å². The van der Waals surface area contributed by atoms with Crippen molar-refractivity contribution in [3.8, 4) is 6.07 Å². The Hall–Kier alpha value is -2.43. The summed E-state index contributed by atoms with van der Waals surface area (Å²) in [7, 11) is 0. The zero-order valence-electron chi connectivity index (χ0n) is 16.0. The third-order valence-electron chi connectivity index (χ3n) is 4.45. The molecular weight excluding hydrogens is 402 g/mol. The highest BCUT2D eigenvalue weighted by molar-refractivity contribution is 8.19. The molecule has 3 rings (SSSR count). The van der Waals surface area contributed by atoms with Crippen LogP contribution in [0.5, 0.6) is 0 Å². The number of para-hydroxylation sites is 1. The third kappa shape index (κ3) is 6.28. The Morgan fingerprint density at radius 1 is 1.07 bits per heavy atom. The van der Waals surface area contributed by atoms with Gasteiger partial charge in [0.25, 0.3) is 0 Å². The lowest BCUT2D eigenvalue weighted by Gasteiger charge is -2.21. The molecule has 5 nitrogen and oxygen atoms in total. The van der Waals surface area contributed by atoms with Crippen LogP contribution in [-0.2, 0) is 9.59 Å². The summed E-state index contributed by atoms with van der Waals surface area (Å²) in [5.74, 6) is 1.96. The molecule has 0 unspecified atom stereocenters. The second-order valence-corrected chi connectivity index (χ2v) is 9.26. The molecule has 0 saturated carbocycles. The topological polar surface area (TPSA) is 73.2 Å². The van der Waals surface area contributed by atoms with Crippen molar-refractivity contribution in [2.75, 3.05) is 28.3 Å². The minimum absolute atomic E-state index is 0.0974. The van der Waals surface area contributed by atoms with Crippen LogP contribution in [0.1, 0.15) is 29.4 Å². The van der Waals surface area contributed by atoms with Gasteiger partial charge in [0.15, 0.2) is 0 Å². The number of anilines is 2. The maximum Gasteiger partial charge on any atom is 0.227 e. The van der Waals surface area contributed by atoms with E-state index in [1.54, 1.807) is 4.90 Å². The maximum atomic E-state index is 12.7. The Balaban J connectivity index is 1.55. The van der Waals surface area contributed by atoms with E-state index in [-0.39, 0.29) is 31.1 Å². The van der Waals surface area contributed by atoms with Crippen LogP contribution in [0.25, 0.3) is 0 Å². The molecule has 1 saturated heterocycles. The first-order valence-electron chi connectivity index (χ1n) is 9.53. The fourth-order valence-corrected chi connectivity index (χ4v) is 5.90. The van der Waals surface area contributed by atoms with E-state index in [0.29, 0.717) is 11.1 Å². The van der Waals surface area contributed by atoms with Crippen molar-refractivity contribution in [2.45, 2.75) is 23.8 Å². The molecule has 2 aromatic carbocycles. The number of hydrogen-bond donors (Lipinski definition) is 1. The summed E-state index contributed by atoms with van der Waals surface area (Å²) in [4.78, 5) is 26.6. The van der Waals surface area contributed by atoms with Crippen LogP contribution in [0.3, 0.4) is 0 Å². The van der Waals surface area contributed by atoms with E-state index in [0.717, 1.165) is 22.9 Å². The number of carbonyl (C=O) groups is 2. The average molecular weight is 426 g/mol. The third-order valence-corrected chi connectivity index (χ3v) is 7.55. The van der Waals surface area contributed by atoms with Crippen LogP contribution in [0.4, 0.5) is 11.4 Å². The summed E-state index contributed by atoms with van der Waals surface area (Å²) in [6.07, 6.45) is 0.447. The summed E-state index contributed by atoms with van der Waals surface area (Å²) in [6.45, 7) is 0.319. The van der Waals surface area contributed by atoms with Crippen molar-refractivity contribution in [1.82, 2.24) is 0 Å². The van der Waals surface area contributed by atoms with Crippen molar-refractivity contribution in [1.29, 1.82) is 5.26 Å². The molecule has 0 atom stereocenters. The number of nitrogens with zero attached hydrogens (tertiary/aromatic N) is 2. The molecule has 29 heavy (non-hydrogen) atoms. The molecule has 0 spiro atoms. The predicted octanol–water partition coefficient (Wildman–Crippen LogP) is 4.83. The number of carbonyl (C=O) groups excluding carboxylic acids is 2. The zero-order valence-corrected chi connectivity index (χ0v) is 17.7. The van der Waals surface area contributed by atoms with Gasteiger partial charge in [-0.2, -0.15) is 5.26 Å². The molecule has 1 N–H and O–H groups in total. The highest BCUT2D eigenvalue weighted by Gasteiger charge is 2.19. The van der Waals surface area contributed by atoms with E-state index in [9.17, 15) is 9.59 Å². The molecule has 1 fully saturated rings. The smallest absolute Gasteiger partial charge is 0.227 e. The van der Waals surface area contributed by atoms with E-state index >= 15 is 0 Å². The van der Waals surface area contributed by atoms with Gasteiger partial charge in [0, 0.05) is 42.3 Å². The van der Waals surface area contributed by atoms with Crippen molar-refractivity contribution in [3.05, 3.63) is 60.2 Å². The minimum atomic E-state index is -0.185. The van der Waals surface area contributed by atoms with Gasteiger partial charge in [-0.05, 0) is 29.8 Å². The van der Waals surface area contributed by atoms with Gasteiger partial charge in [-0.1, -0.05) is 30.3 Å². The molecule has 1 heterocycles. The lowest BCUT2D eigenvalue weighted by Crippen LogP contribution is -2.32. The van der Waals surface area contributed by atoms with Crippen LogP contribution < -0.4 is 10.2 Å². The van der Waals surface area contributed by atoms with Crippen LogP contribution >= 0.6 is 23.5 Å². The van der Waals surface area contributed by atoms with Crippen LogP contribution in [-0.4, -0.2) is 29.9 Å².